The molecule has 2 saturated heterocycles. The van der Waals surface area contributed by atoms with Crippen molar-refractivity contribution in [2.45, 2.75) is 38.6 Å². The Bertz CT molecular complexity index is 798. The van der Waals surface area contributed by atoms with Gasteiger partial charge in [0.05, 0.1) is 6.61 Å². The van der Waals surface area contributed by atoms with Crippen LogP contribution in [0, 0.1) is 5.92 Å². The van der Waals surface area contributed by atoms with E-state index in [1.165, 1.54) is 13.0 Å². The molecule has 9 heteroatoms. The Morgan fingerprint density at radius 1 is 1.23 bits per heavy atom. The van der Waals surface area contributed by atoms with Gasteiger partial charge in [0.1, 0.15) is 5.82 Å². The van der Waals surface area contributed by atoms with E-state index in [-0.39, 0.29) is 24.0 Å². The molecule has 0 aromatic carbocycles. The monoisotopic (exact) mass is 527 g/mol. The minimum absolute atomic E-state index is 0. The van der Waals surface area contributed by atoms with Gasteiger partial charge in [0.25, 0.3) is 0 Å². The average Bonchev–Trinajstić information content (AvgIpc) is 3.40. The molecule has 166 valence electrons. The van der Waals surface area contributed by atoms with E-state index in [1.807, 2.05) is 28.8 Å². The predicted molar refractivity (Wildman–Crippen MR) is 130 cm³/mol. The van der Waals surface area contributed by atoms with Crippen LogP contribution in [-0.4, -0.2) is 77.4 Å². The lowest BCUT2D eigenvalue weighted by molar-refractivity contribution is 0.150. The molecule has 1 unspecified atom stereocenters. The Morgan fingerprint density at radius 3 is 2.87 bits per heavy atom. The SMILES string of the molecule is CCNC(=NCCc1nnc2ccccn12)NC1CCN(CC2CCOC2)CC1.I. The van der Waals surface area contributed by atoms with Crippen molar-refractivity contribution < 1.29 is 4.74 Å². The van der Waals surface area contributed by atoms with Gasteiger partial charge in [-0.25, -0.2) is 0 Å². The van der Waals surface area contributed by atoms with E-state index in [4.69, 9.17) is 9.73 Å². The number of aromatic nitrogens is 3. The molecule has 2 aliphatic rings. The van der Waals surface area contributed by atoms with E-state index < -0.39 is 0 Å². The van der Waals surface area contributed by atoms with Gasteiger partial charge in [-0.1, -0.05) is 6.07 Å². The van der Waals surface area contributed by atoms with Crippen molar-refractivity contribution in [2.75, 3.05) is 45.9 Å². The first-order valence-corrected chi connectivity index (χ1v) is 11.0. The summed E-state index contributed by atoms with van der Waals surface area (Å²) in [7, 11) is 0. The third kappa shape index (κ3) is 6.27. The van der Waals surface area contributed by atoms with E-state index in [0.717, 1.165) is 75.5 Å². The minimum atomic E-state index is 0. The summed E-state index contributed by atoms with van der Waals surface area (Å²) in [5, 5.41) is 15.5. The van der Waals surface area contributed by atoms with E-state index in [0.29, 0.717) is 12.6 Å². The van der Waals surface area contributed by atoms with Crippen molar-refractivity contribution in [1.82, 2.24) is 30.1 Å². The maximum Gasteiger partial charge on any atom is 0.191 e. The van der Waals surface area contributed by atoms with Gasteiger partial charge in [0, 0.05) is 58.0 Å². The minimum Gasteiger partial charge on any atom is -0.381 e. The third-order valence-electron chi connectivity index (χ3n) is 5.80. The fourth-order valence-corrected chi connectivity index (χ4v) is 4.19. The fourth-order valence-electron chi connectivity index (χ4n) is 4.19. The first kappa shape index (κ1) is 23.2. The summed E-state index contributed by atoms with van der Waals surface area (Å²) in [5.74, 6) is 2.58. The van der Waals surface area contributed by atoms with Crippen molar-refractivity contribution in [3.8, 4) is 0 Å². The van der Waals surface area contributed by atoms with Crippen molar-refractivity contribution >= 4 is 35.6 Å². The number of pyridine rings is 1. The molecule has 0 spiro atoms. The number of piperidine rings is 1. The molecule has 2 aliphatic heterocycles. The number of halogens is 1. The van der Waals surface area contributed by atoms with E-state index in [2.05, 4.69) is 32.7 Å². The zero-order valence-corrected chi connectivity index (χ0v) is 20.1. The molecule has 4 heterocycles. The summed E-state index contributed by atoms with van der Waals surface area (Å²) < 4.78 is 7.54. The molecule has 2 aromatic heterocycles. The molecule has 30 heavy (non-hydrogen) atoms. The molecular formula is C21H34IN7O. The number of fused-ring (bicyclic) bond motifs is 1. The molecule has 8 nitrogen and oxygen atoms in total. The number of ether oxygens (including phenoxy) is 1. The maximum absolute atomic E-state index is 5.51. The normalized spacial score (nSPS) is 21.0. The summed E-state index contributed by atoms with van der Waals surface area (Å²) in [4.78, 5) is 7.37. The van der Waals surface area contributed by atoms with Crippen LogP contribution in [0.5, 0.6) is 0 Å². The number of rotatable bonds is 7. The van der Waals surface area contributed by atoms with Crippen molar-refractivity contribution in [3.63, 3.8) is 0 Å². The van der Waals surface area contributed by atoms with E-state index in [1.54, 1.807) is 0 Å². The molecular weight excluding hydrogens is 493 g/mol. The van der Waals surface area contributed by atoms with Crippen LogP contribution < -0.4 is 10.6 Å². The highest BCUT2D eigenvalue weighted by Gasteiger charge is 2.24. The number of hydrogen-bond acceptors (Lipinski definition) is 5. The Balaban J connectivity index is 0.00000256. The summed E-state index contributed by atoms with van der Waals surface area (Å²) in [6, 6.07) is 6.43. The maximum atomic E-state index is 5.51. The van der Waals surface area contributed by atoms with E-state index in [9.17, 15) is 0 Å². The number of nitrogens with zero attached hydrogens (tertiary/aromatic N) is 5. The first-order valence-electron chi connectivity index (χ1n) is 11.0. The Hall–Kier alpha value is -1.46. The largest absolute Gasteiger partial charge is 0.381 e. The van der Waals surface area contributed by atoms with Crippen LogP contribution in [-0.2, 0) is 11.2 Å². The molecule has 2 fully saturated rings. The van der Waals surface area contributed by atoms with Gasteiger partial charge in [0.2, 0.25) is 0 Å². The Labute approximate surface area is 195 Å². The third-order valence-corrected chi connectivity index (χ3v) is 5.80. The molecule has 2 aromatic rings. The molecule has 0 aliphatic carbocycles. The van der Waals surface area contributed by atoms with Gasteiger partial charge in [0.15, 0.2) is 11.6 Å². The van der Waals surface area contributed by atoms with Gasteiger partial charge >= 0.3 is 0 Å². The summed E-state index contributed by atoms with van der Waals surface area (Å²) in [6.45, 7) is 9.03. The smallest absolute Gasteiger partial charge is 0.191 e. The average molecular weight is 527 g/mol. The lowest BCUT2D eigenvalue weighted by Gasteiger charge is -2.34. The van der Waals surface area contributed by atoms with Gasteiger partial charge in [-0.15, -0.1) is 34.2 Å². The highest BCUT2D eigenvalue weighted by atomic mass is 127. The fraction of sp³-hybridized carbons (Fsp3) is 0.667. The predicted octanol–water partition coefficient (Wildman–Crippen LogP) is 1.95. The number of guanidine groups is 1. The number of aliphatic imine (C=N–C) groups is 1. The van der Waals surface area contributed by atoms with Crippen molar-refractivity contribution in [3.05, 3.63) is 30.2 Å². The van der Waals surface area contributed by atoms with Crippen LogP contribution in [0.2, 0.25) is 0 Å². The second kappa shape index (κ2) is 11.8. The molecule has 0 bridgehead atoms. The zero-order chi connectivity index (χ0) is 19.9. The Kier molecular flexibility index (Phi) is 9.13. The number of nitrogens with one attached hydrogen (secondary N) is 2. The molecule has 0 amide bonds. The number of hydrogen-bond donors (Lipinski definition) is 2. The summed E-state index contributed by atoms with van der Waals surface area (Å²) in [6.07, 6.45) is 6.31. The lowest BCUT2D eigenvalue weighted by Crippen LogP contribution is -2.49. The topological polar surface area (TPSA) is 79.1 Å². The summed E-state index contributed by atoms with van der Waals surface area (Å²) in [5.41, 5.74) is 0.882. The highest BCUT2D eigenvalue weighted by Crippen LogP contribution is 2.17. The van der Waals surface area contributed by atoms with Crippen LogP contribution in [0.25, 0.3) is 5.65 Å². The van der Waals surface area contributed by atoms with Crippen molar-refractivity contribution in [1.29, 1.82) is 0 Å². The second-order valence-electron chi connectivity index (χ2n) is 8.00. The van der Waals surface area contributed by atoms with Crippen LogP contribution in [0.1, 0.15) is 32.0 Å². The highest BCUT2D eigenvalue weighted by molar-refractivity contribution is 14.0. The van der Waals surface area contributed by atoms with Crippen LogP contribution in [0.15, 0.2) is 29.4 Å². The second-order valence-corrected chi connectivity index (χ2v) is 8.00. The summed E-state index contributed by atoms with van der Waals surface area (Å²) >= 11 is 0. The van der Waals surface area contributed by atoms with Gasteiger partial charge in [-0.05, 0) is 44.2 Å². The van der Waals surface area contributed by atoms with Gasteiger partial charge in [-0.2, -0.15) is 0 Å². The molecule has 0 radical (unpaired) electrons. The number of likely N-dealkylation sites (tertiary alicyclic amines) is 1. The van der Waals surface area contributed by atoms with Crippen LogP contribution in [0.3, 0.4) is 0 Å². The lowest BCUT2D eigenvalue weighted by atomic mass is 10.0. The van der Waals surface area contributed by atoms with Crippen molar-refractivity contribution in [2.24, 2.45) is 10.9 Å². The van der Waals surface area contributed by atoms with E-state index >= 15 is 0 Å². The standard InChI is InChI=1S/C21H33N7O.HI/c1-2-22-21(23-10-6-20-26-25-19-5-3-4-11-28(19)20)24-18-7-12-27(13-8-18)15-17-9-14-29-16-17;/h3-5,11,17-18H,2,6-10,12-16H2,1H3,(H2,22,23,24);1H. The van der Waals surface area contributed by atoms with Crippen LogP contribution >= 0.6 is 24.0 Å². The quantitative estimate of drug-likeness (QED) is 0.326. The zero-order valence-electron chi connectivity index (χ0n) is 17.8. The Morgan fingerprint density at radius 2 is 2.10 bits per heavy atom. The molecule has 4 rings (SSSR count). The molecule has 0 saturated carbocycles. The van der Waals surface area contributed by atoms with Crippen LogP contribution in [0.4, 0.5) is 0 Å². The molecule has 1 atom stereocenters. The molecule has 2 N–H and O–H groups in total. The van der Waals surface area contributed by atoms with Gasteiger partial charge < -0.3 is 20.3 Å². The first-order chi connectivity index (χ1) is 14.3. The van der Waals surface area contributed by atoms with Gasteiger partial charge in [-0.3, -0.25) is 9.39 Å².